The summed E-state index contributed by atoms with van der Waals surface area (Å²) >= 11 is 7.32. The van der Waals surface area contributed by atoms with Gasteiger partial charge in [-0.05, 0) is 49.9 Å². The number of halogens is 1. The maximum absolute atomic E-state index is 12.8. The number of nitrogens with zero attached hydrogens (tertiary/aromatic N) is 3. The van der Waals surface area contributed by atoms with Crippen molar-refractivity contribution in [1.82, 2.24) is 9.88 Å². The SMILES string of the molecule is Cc1cc(NC(=O)c2ccccc2Cl)sc1C(=O)Nc1ccc(N2CCN(C)CC2)nc1. The highest BCUT2D eigenvalue weighted by Crippen LogP contribution is 2.29. The second kappa shape index (κ2) is 9.68. The van der Waals surface area contributed by atoms with Gasteiger partial charge in [0.15, 0.2) is 0 Å². The molecule has 1 aromatic carbocycles. The van der Waals surface area contributed by atoms with Crippen molar-refractivity contribution in [1.29, 1.82) is 0 Å². The van der Waals surface area contributed by atoms with E-state index in [4.69, 9.17) is 11.6 Å². The van der Waals surface area contributed by atoms with Crippen LogP contribution in [0.15, 0.2) is 48.7 Å². The molecule has 32 heavy (non-hydrogen) atoms. The van der Waals surface area contributed by atoms with Crippen LogP contribution in [-0.2, 0) is 0 Å². The van der Waals surface area contributed by atoms with Gasteiger partial charge in [-0.3, -0.25) is 9.59 Å². The normalized spacial score (nSPS) is 14.3. The standard InChI is InChI=1S/C23H24ClN5O2S/c1-15-13-20(27-22(30)17-5-3-4-6-18(17)24)32-21(15)23(31)26-16-7-8-19(25-14-16)29-11-9-28(2)10-12-29/h3-8,13-14H,9-12H2,1-2H3,(H,26,31)(H,27,30). The van der Waals surface area contributed by atoms with E-state index in [0.29, 0.717) is 26.2 Å². The highest BCUT2D eigenvalue weighted by Gasteiger charge is 2.18. The van der Waals surface area contributed by atoms with E-state index in [0.717, 1.165) is 37.6 Å². The lowest BCUT2D eigenvalue weighted by Gasteiger charge is -2.33. The number of anilines is 3. The van der Waals surface area contributed by atoms with Gasteiger partial charge in [-0.1, -0.05) is 23.7 Å². The smallest absolute Gasteiger partial charge is 0.266 e. The second-order valence-electron chi connectivity index (χ2n) is 7.71. The molecule has 166 valence electrons. The number of aromatic nitrogens is 1. The van der Waals surface area contributed by atoms with E-state index in [1.165, 1.54) is 11.3 Å². The number of amides is 2. The van der Waals surface area contributed by atoms with Crippen LogP contribution in [-0.4, -0.2) is 54.9 Å². The predicted molar refractivity (Wildman–Crippen MR) is 130 cm³/mol. The number of hydrogen-bond donors (Lipinski definition) is 2. The van der Waals surface area contributed by atoms with Crippen LogP contribution in [0.2, 0.25) is 5.02 Å². The number of benzene rings is 1. The fourth-order valence-corrected chi connectivity index (χ4v) is 4.65. The third kappa shape index (κ3) is 5.09. The van der Waals surface area contributed by atoms with Gasteiger partial charge in [0.05, 0.1) is 32.3 Å². The lowest BCUT2D eigenvalue weighted by molar-refractivity contribution is 0.102. The summed E-state index contributed by atoms with van der Waals surface area (Å²) in [4.78, 5) is 34.9. The molecule has 4 rings (SSSR count). The topological polar surface area (TPSA) is 77.6 Å². The second-order valence-corrected chi connectivity index (χ2v) is 9.17. The van der Waals surface area contributed by atoms with E-state index < -0.39 is 0 Å². The summed E-state index contributed by atoms with van der Waals surface area (Å²) in [6.45, 7) is 5.73. The molecule has 2 aromatic heterocycles. The van der Waals surface area contributed by atoms with Crippen LogP contribution >= 0.6 is 22.9 Å². The van der Waals surface area contributed by atoms with Crippen molar-refractivity contribution in [3.05, 3.63) is 69.7 Å². The van der Waals surface area contributed by atoms with Crippen molar-refractivity contribution in [2.24, 2.45) is 0 Å². The van der Waals surface area contributed by atoms with Crippen LogP contribution in [0.1, 0.15) is 25.6 Å². The average Bonchev–Trinajstić information content (AvgIpc) is 3.15. The summed E-state index contributed by atoms with van der Waals surface area (Å²) in [5, 5.41) is 6.67. The van der Waals surface area contributed by atoms with Crippen LogP contribution < -0.4 is 15.5 Å². The minimum atomic E-state index is -0.312. The van der Waals surface area contributed by atoms with Crippen molar-refractivity contribution < 1.29 is 9.59 Å². The highest BCUT2D eigenvalue weighted by molar-refractivity contribution is 7.18. The first-order chi connectivity index (χ1) is 15.4. The molecule has 1 saturated heterocycles. The van der Waals surface area contributed by atoms with E-state index in [-0.39, 0.29) is 11.8 Å². The number of piperazine rings is 1. The van der Waals surface area contributed by atoms with Gasteiger partial charge in [0, 0.05) is 26.2 Å². The largest absolute Gasteiger partial charge is 0.354 e. The number of rotatable bonds is 5. The molecule has 1 aliphatic rings. The van der Waals surface area contributed by atoms with Crippen molar-refractivity contribution >= 4 is 51.3 Å². The minimum absolute atomic E-state index is 0.236. The first-order valence-corrected chi connectivity index (χ1v) is 11.5. The molecule has 2 amide bonds. The molecule has 0 bridgehead atoms. The van der Waals surface area contributed by atoms with E-state index >= 15 is 0 Å². The summed E-state index contributed by atoms with van der Waals surface area (Å²) in [7, 11) is 2.11. The zero-order valence-corrected chi connectivity index (χ0v) is 19.5. The predicted octanol–water partition coefficient (Wildman–Crippen LogP) is 4.36. The van der Waals surface area contributed by atoms with Crippen molar-refractivity contribution in [3.8, 4) is 0 Å². The van der Waals surface area contributed by atoms with E-state index in [1.54, 1.807) is 36.5 Å². The Hall–Kier alpha value is -2.94. The minimum Gasteiger partial charge on any atom is -0.354 e. The third-order valence-corrected chi connectivity index (χ3v) is 6.79. The molecule has 0 radical (unpaired) electrons. The Kier molecular flexibility index (Phi) is 6.74. The average molecular weight is 470 g/mol. The molecule has 3 heterocycles. The molecule has 1 aliphatic heterocycles. The number of carbonyl (C=O) groups excluding carboxylic acids is 2. The van der Waals surface area contributed by atoms with Gasteiger partial charge in [-0.15, -0.1) is 11.3 Å². The van der Waals surface area contributed by atoms with Crippen LogP contribution in [0.5, 0.6) is 0 Å². The summed E-state index contributed by atoms with van der Waals surface area (Å²) in [6, 6.07) is 12.4. The van der Waals surface area contributed by atoms with E-state index in [1.807, 2.05) is 19.1 Å². The number of pyridine rings is 1. The zero-order valence-electron chi connectivity index (χ0n) is 17.9. The number of likely N-dealkylation sites (N-methyl/N-ethyl adjacent to an activating group) is 1. The fourth-order valence-electron chi connectivity index (χ4n) is 3.46. The highest BCUT2D eigenvalue weighted by atomic mass is 35.5. The quantitative estimate of drug-likeness (QED) is 0.580. The number of aryl methyl sites for hydroxylation is 1. The molecule has 9 heteroatoms. The molecule has 1 fully saturated rings. The van der Waals surface area contributed by atoms with Crippen LogP contribution in [0.25, 0.3) is 0 Å². The maximum atomic E-state index is 12.8. The molecular weight excluding hydrogens is 446 g/mol. The molecule has 2 N–H and O–H groups in total. The van der Waals surface area contributed by atoms with Crippen molar-refractivity contribution in [2.75, 3.05) is 48.8 Å². The molecule has 0 spiro atoms. The van der Waals surface area contributed by atoms with Crippen LogP contribution in [0.4, 0.5) is 16.5 Å². The Morgan fingerprint density at radius 3 is 2.47 bits per heavy atom. The van der Waals surface area contributed by atoms with Crippen LogP contribution in [0.3, 0.4) is 0 Å². The lowest BCUT2D eigenvalue weighted by Crippen LogP contribution is -2.44. The monoisotopic (exact) mass is 469 g/mol. The Morgan fingerprint density at radius 1 is 1.03 bits per heavy atom. The summed E-state index contributed by atoms with van der Waals surface area (Å²) in [5.74, 6) is 0.361. The Bertz CT molecular complexity index is 1120. The van der Waals surface area contributed by atoms with Crippen LogP contribution in [0, 0.1) is 6.92 Å². The Morgan fingerprint density at radius 2 is 1.78 bits per heavy atom. The van der Waals surface area contributed by atoms with Crippen molar-refractivity contribution in [3.63, 3.8) is 0 Å². The van der Waals surface area contributed by atoms with Crippen molar-refractivity contribution in [2.45, 2.75) is 6.92 Å². The Labute approximate surface area is 196 Å². The lowest BCUT2D eigenvalue weighted by atomic mass is 10.2. The van der Waals surface area contributed by atoms with Gasteiger partial charge < -0.3 is 20.4 Å². The third-order valence-electron chi connectivity index (χ3n) is 5.31. The van der Waals surface area contributed by atoms with E-state index in [9.17, 15) is 9.59 Å². The number of hydrogen-bond acceptors (Lipinski definition) is 6. The number of thiophene rings is 1. The van der Waals surface area contributed by atoms with E-state index in [2.05, 4.69) is 32.5 Å². The maximum Gasteiger partial charge on any atom is 0.266 e. The molecule has 3 aromatic rings. The first kappa shape index (κ1) is 22.3. The number of nitrogens with one attached hydrogen (secondary N) is 2. The molecule has 0 atom stereocenters. The summed E-state index contributed by atoms with van der Waals surface area (Å²) in [5.41, 5.74) is 1.80. The summed E-state index contributed by atoms with van der Waals surface area (Å²) < 4.78 is 0. The molecule has 0 saturated carbocycles. The molecular formula is C23H24ClN5O2S. The van der Waals surface area contributed by atoms with Gasteiger partial charge in [0.25, 0.3) is 11.8 Å². The first-order valence-electron chi connectivity index (χ1n) is 10.3. The summed E-state index contributed by atoms with van der Waals surface area (Å²) in [6.07, 6.45) is 1.68. The van der Waals surface area contributed by atoms with Gasteiger partial charge in [-0.25, -0.2) is 4.98 Å². The zero-order chi connectivity index (χ0) is 22.7. The molecule has 7 nitrogen and oxygen atoms in total. The molecule has 0 aliphatic carbocycles. The fraction of sp³-hybridized carbons (Fsp3) is 0.261. The van der Waals surface area contributed by atoms with Gasteiger partial charge in [-0.2, -0.15) is 0 Å². The van der Waals surface area contributed by atoms with Gasteiger partial charge >= 0.3 is 0 Å². The number of carbonyl (C=O) groups is 2. The van der Waals surface area contributed by atoms with Gasteiger partial charge in [0.1, 0.15) is 5.82 Å². The van der Waals surface area contributed by atoms with Gasteiger partial charge in [0.2, 0.25) is 0 Å². The molecule has 0 unspecified atom stereocenters. The Balaban J connectivity index is 1.40.